The number of hydrogen-bond donors (Lipinski definition) is 1. The van der Waals surface area contributed by atoms with E-state index in [4.69, 9.17) is 27.9 Å². The second kappa shape index (κ2) is 7.48. The second-order valence-electron chi connectivity index (χ2n) is 4.45. The fraction of sp³-hybridized carbons (Fsp3) is 0.133. The van der Waals surface area contributed by atoms with Gasteiger partial charge in [-0.15, -0.1) is 0 Å². The molecule has 0 spiro atoms. The summed E-state index contributed by atoms with van der Waals surface area (Å²) in [7, 11) is 0. The molecule has 2 aromatic rings. The number of carbonyl (C=O) groups is 1. The molecule has 1 unspecified atom stereocenters. The van der Waals surface area contributed by atoms with Gasteiger partial charge < -0.3 is 10.1 Å². The van der Waals surface area contributed by atoms with E-state index in [1.165, 1.54) is 18.2 Å². The number of halogens is 4. The van der Waals surface area contributed by atoms with E-state index in [0.29, 0.717) is 15.8 Å². The molecular formula is C15H11Cl2FINO2. The summed E-state index contributed by atoms with van der Waals surface area (Å²) in [5.74, 6) is -0.653. The van der Waals surface area contributed by atoms with Crippen LogP contribution < -0.4 is 10.1 Å². The minimum Gasteiger partial charge on any atom is -0.479 e. The number of benzene rings is 2. The van der Waals surface area contributed by atoms with Gasteiger partial charge in [-0.2, -0.15) is 0 Å². The Balaban J connectivity index is 2.05. The van der Waals surface area contributed by atoms with Crippen LogP contribution in [0.4, 0.5) is 10.1 Å². The molecule has 0 bridgehead atoms. The Kier molecular flexibility index (Phi) is 5.88. The number of ether oxygens (including phenoxy) is 1. The molecule has 2 aromatic carbocycles. The van der Waals surface area contributed by atoms with Crippen LogP contribution in [0.5, 0.6) is 5.75 Å². The largest absolute Gasteiger partial charge is 0.479 e. The summed E-state index contributed by atoms with van der Waals surface area (Å²) in [4.78, 5) is 12.1. The highest BCUT2D eigenvalue weighted by Crippen LogP contribution is 2.28. The molecule has 0 heterocycles. The molecule has 0 radical (unpaired) electrons. The van der Waals surface area contributed by atoms with Gasteiger partial charge in [0.25, 0.3) is 5.91 Å². The molecule has 0 aliphatic heterocycles. The van der Waals surface area contributed by atoms with Crippen LogP contribution in [-0.2, 0) is 4.79 Å². The fourth-order valence-electron chi connectivity index (χ4n) is 1.64. The molecule has 116 valence electrons. The third-order valence-corrected chi connectivity index (χ3v) is 3.96. The Labute approximate surface area is 150 Å². The maximum Gasteiger partial charge on any atom is 0.265 e. The Bertz CT molecular complexity index is 712. The first kappa shape index (κ1) is 17.3. The number of hydrogen-bond acceptors (Lipinski definition) is 2. The molecule has 0 saturated carbocycles. The summed E-state index contributed by atoms with van der Waals surface area (Å²) < 4.78 is 19.9. The minimum atomic E-state index is -0.850. The molecule has 0 aromatic heterocycles. The highest BCUT2D eigenvalue weighted by Gasteiger charge is 2.18. The van der Waals surface area contributed by atoms with E-state index >= 15 is 0 Å². The molecule has 1 N–H and O–H groups in total. The van der Waals surface area contributed by atoms with Gasteiger partial charge in [-0.3, -0.25) is 4.79 Å². The lowest BCUT2D eigenvalue weighted by Crippen LogP contribution is -2.30. The summed E-state index contributed by atoms with van der Waals surface area (Å²) in [5, 5.41) is 3.24. The third kappa shape index (κ3) is 4.47. The monoisotopic (exact) mass is 453 g/mol. The van der Waals surface area contributed by atoms with Gasteiger partial charge in [-0.05, 0) is 65.9 Å². The first-order valence-electron chi connectivity index (χ1n) is 6.24. The van der Waals surface area contributed by atoms with Crippen molar-refractivity contribution in [3.05, 3.63) is 55.8 Å². The Morgan fingerprint density at radius 2 is 2.00 bits per heavy atom. The highest BCUT2D eigenvalue weighted by atomic mass is 127. The van der Waals surface area contributed by atoms with Gasteiger partial charge in [0.05, 0.1) is 10.7 Å². The lowest BCUT2D eigenvalue weighted by Gasteiger charge is -2.16. The fourth-order valence-corrected chi connectivity index (χ4v) is 2.55. The van der Waals surface area contributed by atoms with Crippen molar-refractivity contribution in [2.75, 3.05) is 5.32 Å². The van der Waals surface area contributed by atoms with Crippen LogP contribution in [0.3, 0.4) is 0 Å². The molecular weight excluding hydrogens is 443 g/mol. The van der Waals surface area contributed by atoms with Crippen LogP contribution in [0.2, 0.25) is 10.0 Å². The molecule has 3 nitrogen and oxygen atoms in total. The van der Waals surface area contributed by atoms with Gasteiger partial charge in [-0.1, -0.05) is 23.2 Å². The summed E-state index contributed by atoms with van der Waals surface area (Å²) in [6.45, 7) is 1.55. The van der Waals surface area contributed by atoms with E-state index in [9.17, 15) is 9.18 Å². The molecule has 7 heteroatoms. The molecule has 2 rings (SSSR count). The molecule has 0 fully saturated rings. The SMILES string of the molecule is CC(Oc1ccc(Cl)cc1Cl)C(=O)Nc1ccc(I)cc1F. The third-order valence-electron chi connectivity index (χ3n) is 2.76. The van der Waals surface area contributed by atoms with Gasteiger partial charge in [0.2, 0.25) is 0 Å². The summed E-state index contributed by atoms with van der Waals surface area (Å²) in [6.07, 6.45) is -0.850. The quantitative estimate of drug-likeness (QED) is 0.650. The van der Waals surface area contributed by atoms with Crippen molar-refractivity contribution in [1.82, 2.24) is 0 Å². The zero-order chi connectivity index (χ0) is 16.3. The average molecular weight is 454 g/mol. The summed E-state index contributed by atoms with van der Waals surface area (Å²) in [6, 6.07) is 9.21. The highest BCUT2D eigenvalue weighted by molar-refractivity contribution is 14.1. The van der Waals surface area contributed by atoms with Gasteiger partial charge >= 0.3 is 0 Å². The Hall–Kier alpha value is -1.05. The zero-order valence-electron chi connectivity index (χ0n) is 11.4. The van der Waals surface area contributed by atoms with Crippen molar-refractivity contribution in [3.63, 3.8) is 0 Å². The number of nitrogens with one attached hydrogen (secondary N) is 1. The molecule has 1 atom stereocenters. The van der Waals surface area contributed by atoms with Gasteiger partial charge in [0.15, 0.2) is 6.10 Å². The second-order valence-corrected chi connectivity index (χ2v) is 6.54. The van der Waals surface area contributed by atoms with Crippen molar-refractivity contribution >= 4 is 57.4 Å². The molecule has 1 amide bonds. The number of rotatable bonds is 4. The topological polar surface area (TPSA) is 38.3 Å². The van der Waals surface area contributed by atoms with E-state index in [2.05, 4.69) is 5.32 Å². The van der Waals surface area contributed by atoms with Gasteiger partial charge in [0, 0.05) is 8.59 Å². The first-order valence-corrected chi connectivity index (χ1v) is 8.08. The van der Waals surface area contributed by atoms with E-state index in [1.807, 2.05) is 22.6 Å². The minimum absolute atomic E-state index is 0.100. The Morgan fingerprint density at radius 1 is 1.27 bits per heavy atom. The number of anilines is 1. The van der Waals surface area contributed by atoms with E-state index in [-0.39, 0.29) is 5.69 Å². The van der Waals surface area contributed by atoms with E-state index < -0.39 is 17.8 Å². The zero-order valence-corrected chi connectivity index (χ0v) is 15.0. The van der Waals surface area contributed by atoms with Crippen LogP contribution >= 0.6 is 45.8 Å². The van der Waals surface area contributed by atoms with Crippen LogP contribution in [0.25, 0.3) is 0 Å². The van der Waals surface area contributed by atoms with Crippen LogP contribution in [0.1, 0.15) is 6.92 Å². The Morgan fingerprint density at radius 3 is 2.64 bits per heavy atom. The molecule has 0 saturated heterocycles. The summed E-state index contributed by atoms with van der Waals surface area (Å²) in [5.41, 5.74) is 0.100. The maximum atomic E-state index is 13.7. The maximum absolute atomic E-state index is 13.7. The predicted octanol–water partition coefficient (Wildman–Crippen LogP) is 5.14. The smallest absolute Gasteiger partial charge is 0.265 e. The van der Waals surface area contributed by atoms with Crippen LogP contribution in [0.15, 0.2) is 36.4 Å². The first-order chi connectivity index (χ1) is 10.4. The average Bonchev–Trinajstić information content (AvgIpc) is 2.44. The van der Waals surface area contributed by atoms with Crippen molar-refractivity contribution in [2.24, 2.45) is 0 Å². The van der Waals surface area contributed by atoms with Crippen molar-refractivity contribution in [2.45, 2.75) is 13.0 Å². The predicted molar refractivity (Wildman–Crippen MR) is 94.3 cm³/mol. The standard InChI is InChI=1S/C15H11Cl2FINO2/c1-8(22-14-5-2-9(16)6-11(14)17)15(21)20-13-4-3-10(19)7-12(13)18/h2-8H,1H3,(H,20,21). The lowest BCUT2D eigenvalue weighted by atomic mass is 10.2. The molecule has 0 aliphatic rings. The molecule has 22 heavy (non-hydrogen) atoms. The van der Waals surface area contributed by atoms with Crippen molar-refractivity contribution in [1.29, 1.82) is 0 Å². The molecule has 0 aliphatic carbocycles. The summed E-state index contributed by atoms with van der Waals surface area (Å²) >= 11 is 13.8. The lowest BCUT2D eigenvalue weighted by molar-refractivity contribution is -0.122. The van der Waals surface area contributed by atoms with Gasteiger partial charge in [-0.25, -0.2) is 4.39 Å². The number of carbonyl (C=O) groups excluding carboxylic acids is 1. The van der Waals surface area contributed by atoms with Crippen molar-refractivity contribution < 1.29 is 13.9 Å². The van der Waals surface area contributed by atoms with E-state index in [0.717, 1.165) is 3.57 Å². The number of amides is 1. The van der Waals surface area contributed by atoms with Crippen LogP contribution in [-0.4, -0.2) is 12.0 Å². The van der Waals surface area contributed by atoms with Crippen molar-refractivity contribution in [3.8, 4) is 5.75 Å². The normalized spacial score (nSPS) is 11.9. The van der Waals surface area contributed by atoms with E-state index in [1.54, 1.807) is 25.1 Å². The van der Waals surface area contributed by atoms with Crippen LogP contribution in [0, 0.1) is 9.39 Å². The van der Waals surface area contributed by atoms with Gasteiger partial charge in [0.1, 0.15) is 11.6 Å².